The summed E-state index contributed by atoms with van der Waals surface area (Å²) in [6.45, 7) is 0.289. The molecule has 0 saturated heterocycles. The molecule has 29 heavy (non-hydrogen) atoms. The van der Waals surface area contributed by atoms with Crippen LogP contribution in [0.3, 0.4) is 0 Å². The van der Waals surface area contributed by atoms with Gasteiger partial charge in [0.15, 0.2) is 18.1 Å². The number of hydrogen-bond acceptors (Lipinski definition) is 5. The van der Waals surface area contributed by atoms with E-state index in [4.69, 9.17) is 14.2 Å². The summed E-state index contributed by atoms with van der Waals surface area (Å²) in [5.74, 6) is 3.55. The Labute approximate surface area is 172 Å². The van der Waals surface area contributed by atoms with E-state index in [2.05, 4.69) is 5.32 Å². The maximum Gasteiger partial charge on any atom is 0.310 e. The SMILES string of the molecule is COc1ccc(CCNC(=O)COC(=O)C2C3CC4CC(C3)CC2C4)cc1OC. The van der Waals surface area contributed by atoms with Gasteiger partial charge in [-0.3, -0.25) is 9.59 Å². The molecule has 0 aromatic heterocycles. The lowest BCUT2D eigenvalue weighted by Crippen LogP contribution is -2.48. The number of carbonyl (C=O) groups is 2. The molecule has 0 atom stereocenters. The van der Waals surface area contributed by atoms with Gasteiger partial charge in [0, 0.05) is 6.54 Å². The number of nitrogens with one attached hydrogen (secondary N) is 1. The first kappa shape index (κ1) is 20.0. The van der Waals surface area contributed by atoms with Crippen LogP contribution in [-0.4, -0.2) is 39.2 Å². The molecule has 6 nitrogen and oxygen atoms in total. The number of methoxy groups -OCH3 is 2. The molecular weight excluding hydrogens is 370 g/mol. The highest BCUT2D eigenvalue weighted by molar-refractivity contribution is 5.81. The Kier molecular flexibility index (Phi) is 5.97. The van der Waals surface area contributed by atoms with Gasteiger partial charge in [-0.05, 0) is 79.9 Å². The highest BCUT2D eigenvalue weighted by atomic mass is 16.5. The lowest BCUT2D eigenvalue weighted by atomic mass is 9.52. The molecule has 0 spiro atoms. The highest BCUT2D eigenvalue weighted by Gasteiger charge is 2.51. The van der Waals surface area contributed by atoms with E-state index in [0.29, 0.717) is 36.3 Å². The molecule has 4 fully saturated rings. The minimum absolute atomic E-state index is 0.0161. The fourth-order valence-electron chi connectivity index (χ4n) is 5.98. The van der Waals surface area contributed by atoms with Crippen molar-refractivity contribution in [2.75, 3.05) is 27.4 Å². The summed E-state index contributed by atoms with van der Waals surface area (Å²) in [6.07, 6.45) is 6.70. The summed E-state index contributed by atoms with van der Waals surface area (Å²) in [7, 11) is 3.20. The zero-order chi connectivity index (χ0) is 20.4. The smallest absolute Gasteiger partial charge is 0.310 e. The minimum atomic E-state index is -0.248. The second kappa shape index (κ2) is 8.64. The molecule has 4 saturated carbocycles. The number of esters is 1. The Morgan fingerprint density at radius 3 is 2.24 bits per heavy atom. The van der Waals surface area contributed by atoms with Gasteiger partial charge in [-0.25, -0.2) is 0 Å². The molecule has 4 aliphatic carbocycles. The van der Waals surface area contributed by atoms with E-state index in [1.54, 1.807) is 14.2 Å². The van der Waals surface area contributed by atoms with Crippen LogP contribution in [0.15, 0.2) is 18.2 Å². The molecule has 158 valence electrons. The van der Waals surface area contributed by atoms with Crippen molar-refractivity contribution in [1.29, 1.82) is 0 Å². The third-order valence-corrected chi connectivity index (χ3v) is 7.03. The Bertz CT molecular complexity index is 734. The fraction of sp³-hybridized carbons (Fsp3) is 0.652. The Balaban J connectivity index is 1.20. The Hall–Kier alpha value is -2.24. The fourth-order valence-corrected chi connectivity index (χ4v) is 5.98. The molecule has 0 unspecified atom stereocenters. The molecule has 5 rings (SSSR count). The zero-order valence-electron chi connectivity index (χ0n) is 17.3. The van der Waals surface area contributed by atoms with E-state index in [0.717, 1.165) is 17.4 Å². The largest absolute Gasteiger partial charge is 0.493 e. The quantitative estimate of drug-likeness (QED) is 0.678. The van der Waals surface area contributed by atoms with Crippen molar-refractivity contribution in [3.05, 3.63) is 23.8 Å². The predicted molar refractivity (Wildman–Crippen MR) is 108 cm³/mol. The monoisotopic (exact) mass is 401 g/mol. The van der Waals surface area contributed by atoms with Gasteiger partial charge in [0.1, 0.15) is 0 Å². The molecular formula is C23H31NO5. The van der Waals surface area contributed by atoms with Crippen molar-refractivity contribution in [3.8, 4) is 11.5 Å². The molecule has 1 N–H and O–H groups in total. The van der Waals surface area contributed by atoms with E-state index in [9.17, 15) is 9.59 Å². The average Bonchev–Trinajstić information content (AvgIpc) is 2.71. The van der Waals surface area contributed by atoms with Crippen molar-refractivity contribution in [1.82, 2.24) is 5.32 Å². The summed E-state index contributed by atoms with van der Waals surface area (Å²) in [5.41, 5.74) is 1.04. The highest BCUT2D eigenvalue weighted by Crippen LogP contribution is 2.56. The van der Waals surface area contributed by atoms with E-state index in [1.807, 2.05) is 18.2 Å². The number of hydrogen-bond donors (Lipinski definition) is 1. The molecule has 0 radical (unpaired) electrons. The summed E-state index contributed by atoms with van der Waals surface area (Å²) in [4.78, 5) is 24.8. The van der Waals surface area contributed by atoms with Gasteiger partial charge in [-0.2, -0.15) is 0 Å². The maximum absolute atomic E-state index is 12.6. The summed E-state index contributed by atoms with van der Waals surface area (Å²) >= 11 is 0. The molecule has 1 amide bonds. The third-order valence-electron chi connectivity index (χ3n) is 7.03. The summed E-state index contributed by atoms with van der Waals surface area (Å²) in [5, 5.41) is 2.83. The lowest BCUT2D eigenvalue weighted by molar-refractivity contribution is -0.164. The van der Waals surface area contributed by atoms with Gasteiger partial charge in [0.2, 0.25) is 0 Å². The Morgan fingerprint density at radius 1 is 0.966 bits per heavy atom. The van der Waals surface area contributed by atoms with Crippen LogP contribution in [0.25, 0.3) is 0 Å². The van der Waals surface area contributed by atoms with Gasteiger partial charge in [-0.1, -0.05) is 6.07 Å². The van der Waals surface area contributed by atoms with Crippen LogP contribution >= 0.6 is 0 Å². The molecule has 1 aromatic carbocycles. The van der Waals surface area contributed by atoms with E-state index < -0.39 is 0 Å². The van der Waals surface area contributed by atoms with E-state index >= 15 is 0 Å². The Morgan fingerprint density at radius 2 is 1.62 bits per heavy atom. The van der Waals surface area contributed by atoms with Gasteiger partial charge < -0.3 is 19.5 Å². The second-order valence-corrected chi connectivity index (χ2v) is 8.85. The molecule has 4 bridgehead atoms. The standard InChI is InChI=1S/C23H31NO5/c1-27-19-4-3-14(12-20(19)28-2)5-6-24-21(25)13-29-23(26)22-17-8-15-7-16(10-17)11-18(22)9-15/h3-4,12,15-18,22H,5-11,13H2,1-2H3,(H,24,25). The zero-order valence-corrected chi connectivity index (χ0v) is 17.3. The number of benzene rings is 1. The molecule has 0 aliphatic heterocycles. The molecule has 4 aliphatic rings. The third kappa shape index (κ3) is 4.36. The van der Waals surface area contributed by atoms with Crippen LogP contribution in [-0.2, 0) is 20.7 Å². The van der Waals surface area contributed by atoms with Crippen molar-refractivity contribution < 1.29 is 23.8 Å². The van der Waals surface area contributed by atoms with Crippen LogP contribution in [0, 0.1) is 29.6 Å². The van der Waals surface area contributed by atoms with Crippen LogP contribution in [0.4, 0.5) is 0 Å². The van der Waals surface area contributed by atoms with Crippen molar-refractivity contribution in [2.45, 2.75) is 38.5 Å². The van der Waals surface area contributed by atoms with Gasteiger partial charge in [0.05, 0.1) is 20.1 Å². The first-order valence-corrected chi connectivity index (χ1v) is 10.7. The number of amides is 1. The topological polar surface area (TPSA) is 73.9 Å². The lowest BCUT2D eigenvalue weighted by Gasteiger charge is -2.53. The second-order valence-electron chi connectivity index (χ2n) is 8.85. The van der Waals surface area contributed by atoms with Crippen LogP contribution in [0.2, 0.25) is 0 Å². The number of ether oxygens (including phenoxy) is 3. The first-order valence-electron chi connectivity index (χ1n) is 10.7. The van der Waals surface area contributed by atoms with Gasteiger partial charge >= 0.3 is 5.97 Å². The van der Waals surface area contributed by atoms with Crippen molar-refractivity contribution >= 4 is 11.9 Å². The summed E-state index contributed by atoms with van der Waals surface area (Å²) < 4.78 is 15.9. The summed E-state index contributed by atoms with van der Waals surface area (Å²) in [6, 6.07) is 5.69. The van der Waals surface area contributed by atoms with Crippen molar-refractivity contribution in [2.24, 2.45) is 29.6 Å². The number of carbonyl (C=O) groups excluding carboxylic acids is 2. The molecule has 1 aromatic rings. The first-order chi connectivity index (χ1) is 14.1. The van der Waals surface area contributed by atoms with Crippen LogP contribution < -0.4 is 14.8 Å². The van der Waals surface area contributed by atoms with Crippen molar-refractivity contribution in [3.63, 3.8) is 0 Å². The van der Waals surface area contributed by atoms with E-state index in [-0.39, 0.29) is 24.4 Å². The van der Waals surface area contributed by atoms with E-state index in [1.165, 1.54) is 32.1 Å². The predicted octanol–water partition coefficient (Wildman–Crippen LogP) is 2.98. The average molecular weight is 402 g/mol. The van der Waals surface area contributed by atoms with Crippen LogP contribution in [0.1, 0.15) is 37.7 Å². The molecule has 6 heteroatoms. The number of rotatable bonds is 8. The minimum Gasteiger partial charge on any atom is -0.493 e. The molecule has 0 heterocycles. The van der Waals surface area contributed by atoms with Gasteiger partial charge in [0.25, 0.3) is 5.91 Å². The maximum atomic E-state index is 12.6. The van der Waals surface area contributed by atoms with Gasteiger partial charge in [-0.15, -0.1) is 0 Å². The normalized spacial score (nSPS) is 29.4. The van der Waals surface area contributed by atoms with Crippen LogP contribution in [0.5, 0.6) is 11.5 Å².